The van der Waals surface area contributed by atoms with E-state index in [0.29, 0.717) is 5.56 Å². The van der Waals surface area contributed by atoms with Crippen LogP contribution < -0.4 is 5.32 Å². The first kappa shape index (κ1) is 15.2. The van der Waals surface area contributed by atoms with E-state index in [9.17, 15) is 14.0 Å². The summed E-state index contributed by atoms with van der Waals surface area (Å²) < 4.78 is 13.0. The van der Waals surface area contributed by atoms with Gasteiger partial charge >= 0.3 is 5.97 Å². The molecule has 0 saturated heterocycles. The highest BCUT2D eigenvalue weighted by Gasteiger charge is 2.12. The Morgan fingerprint density at radius 2 is 2.10 bits per heavy atom. The van der Waals surface area contributed by atoms with Gasteiger partial charge in [-0.1, -0.05) is 17.7 Å². The molecule has 4 nitrogen and oxygen atoms in total. The average Bonchev–Trinajstić information content (AvgIpc) is 2.88. The number of rotatable bonds is 4. The van der Waals surface area contributed by atoms with Gasteiger partial charge in [0.25, 0.3) is 0 Å². The molecule has 7 heteroatoms. The second kappa shape index (κ2) is 6.51. The van der Waals surface area contributed by atoms with E-state index in [1.165, 1.54) is 36.4 Å². The predicted octanol–water partition coefficient (Wildman–Crippen LogP) is 3.89. The number of nitrogens with one attached hydrogen (secondary N) is 1. The number of hydrogen-bond donors (Lipinski definition) is 2. The van der Waals surface area contributed by atoms with Crippen LogP contribution in [0.5, 0.6) is 0 Å². The topological polar surface area (TPSA) is 66.4 Å². The van der Waals surface area contributed by atoms with E-state index in [-0.39, 0.29) is 15.6 Å². The minimum absolute atomic E-state index is 0.0384. The van der Waals surface area contributed by atoms with Gasteiger partial charge in [-0.25, -0.2) is 9.18 Å². The summed E-state index contributed by atoms with van der Waals surface area (Å²) in [5.74, 6) is -2.13. The Morgan fingerprint density at radius 3 is 2.76 bits per heavy atom. The van der Waals surface area contributed by atoms with E-state index in [4.69, 9.17) is 16.7 Å². The minimum atomic E-state index is -1.10. The van der Waals surface area contributed by atoms with E-state index in [1.54, 1.807) is 5.38 Å². The molecule has 0 spiro atoms. The van der Waals surface area contributed by atoms with Gasteiger partial charge in [0, 0.05) is 6.08 Å². The number of thiophene rings is 1. The van der Waals surface area contributed by atoms with Crippen molar-refractivity contribution in [2.24, 2.45) is 0 Å². The van der Waals surface area contributed by atoms with Gasteiger partial charge in [-0.05, 0) is 35.2 Å². The van der Waals surface area contributed by atoms with Crippen molar-refractivity contribution in [3.05, 3.63) is 57.0 Å². The molecule has 21 heavy (non-hydrogen) atoms. The van der Waals surface area contributed by atoms with Gasteiger partial charge in [-0.3, -0.25) is 4.79 Å². The zero-order valence-electron chi connectivity index (χ0n) is 10.5. The number of aromatic carboxylic acids is 1. The van der Waals surface area contributed by atoms with Gasteiger partial charge in [0.1, 0.15) is 10.7 Å². The number of halogens is 2. The number of anilines is 1. The van der Waals surface area contributed by atoms with Crippen LogP contribution in [0, 0.1) is 5.82 Å². The third-order valence-electron chi connectivity index (χ3n) is 2.49. The quantitative estimate of drug-likeness (QED) is 0.838. The van der Waals surface area contributed by atoms with Crippen molar-refractivity contribution in [2.75, 3.05) is 5.32 Å². The summed E-state index contributed by atoms with van der Waals surface area (Å²) in [7, 11) is 0. The Balaban J connectivity index is 2.07. The molecule has 0 aliphatic heterocycles. The Bertz CT molecular complexity index is 727. The molecule has 0 bridgehead atoms. The molecule has 0 saturated carbocycles. The Labute approximate surface area is 128 Å². The molecule has 1 heterocycles. The summed E-state index contributed by atoms with van der Waals surface area (Å²) in [5.41, 5.74) is 0.791. The summed E-state index contributed by atoms with van der Waals surface area (Å²) in [6.45, 7) is 0. The van der Waals surface area contributed by atoms with E-state index >= 15 is 0 Å². The molecule has 1 amide bonds. The van der Waals surface area contributed by atoms with Gasteiger partial charge in [-0.2, -0.15) is 0 Å². The van der Waals surface area contributed by atoms with Gasteiger partial charge in [-0.15, -0.1) is 11.3 Å². The fraction of sp³-hybridized carbons (Fsp3) is 0. The lowest BCUT2D eigenvalue weighted by Crippen LogP contribution is -2.09. The SMILES string of the molecule is O=C(/C=C/c1ccc(F)c(Cl)c1)Nc1ccsc1C(=O)O. The van der Waals surface area contributed by atoms with Crippen LogP contribution >= 0.6 is 22.9 Å². The summed E-state index contributed by atoms with van der Waals surface area (Å²) in [6.07, 6.45) is 2.67. The predicted molar refractivity (Wildman–Crippen MR) is 80.4 cm³/mol. The van der Waals surface area contributed by atoms with Gasteiger partial charge in [0.05, 0.1) is 10.7 Å². The lowest BCUT2D eigenvalue weighted by atomic mass is 10.2. The molecule has 0 aliphatic carbocycles. The van der Waals surface area contributed by atoms with Crippen molar-refractivity contribution in [3.63, 3.8) is 0 Å². The van der Waals surface area contributed by atoms with Crippen molar-refractivity contribution in [1.82, 2.24) is 0 Å². The average molecular weight is 326 g/mol. The second-order valence-electron chi connectivity index (χ2n) is 3.96. The van der Waals surface area contributed by atoms with Crippen LogP contribution in [0.25, 0.3) is 6.08 Å². The number of carbonyl (C=O) groups excluding carboxylic acids is 1. The van der Waals surface area contributed by atoms with Crippen LogP contribution in [0.1, 0.15) is 15.2 Å². The maximum absolute atomic E-state index is 13.0. The largest absolute Gasteiger partial charge is 0.477 e. The third-order valence-corrected chi connectivity index (χ3v) is 3.68. The lowest BCUT2D eigenvalue weighted by molar-refractivity contribution is -0.111. The summed E-state index contributed by atoms with van der Waals surface area (Å²) in [6, 6.07) is 5.56. The second-order valence-corrected chi connectivity index (χ2v) is 5.29. The number of carboxylic acids is 1. The Kier molecular flexibility index (Phi) is 4.72. The van der Waals surface area contributed by atoms with E-state index in [1.807, 2.05) is 0 Å². The van der Waals surface area contributed by atoms with E-state index < -0.39 is 17.7 Å². The van der Waals surface area contributed by atoms with E-state index in [2.05, 4.69) is 5.32 Å². The summed E-state index contributed by atoms with van der Waals surface area (Å²) >= 11 is 6.65. The molecule has 0 unspecified atom stereocenters. The van der Waals surface area contributed by atoms with Crippen molar-refractivity contribution < 1.29 is 19.1 Å². The van der Waals surface area contributed by atoms with Crippen molar-refractivity contribution >= 4 is 46.6 Å². The maximum atomic E-state index is 13.0. The molecule has 1 aromatic heterocycles. The normalized spacial score (nSPS) is 10.8. The fourth-order valence-corrected chi connectivity index (χ4v) is 2.41. The highest BCUT2D eigenvalue weighted by atomic mass is 35.5. The van der Waals surface area contributed by atoms with Crippen molar-refractivity contribution in [1.29, 1.82) is 0 Å². The number of benzene rings is 1. The molecule has 2 rings (SSSR count). The van der Waals surface area contributed by atoms with Crippen LogP contribution in [0.2, 0.25) is 5.02 Å². The van der Waals surface area contributed by atoms with Crippen LogP contribution in [0.15, 0.2) is 35.7 Å². The lowest BCUT2D eigenvalue weighted by Gasteiger charge is -2.01. The maximum Gasteiger partial charge on any atom is 0.348 e. The van der Waals surface area contributed by atoms with Crippen LogP contribution in [-0.2, 0) is 4.79 Å². The molecular weight excluding hydrogens is 317 g/mol. The monoisotopic (exact) mass is 325 g/mol. The minimum Gasteiger partial charge on any atom is -0.477 e. The molecule has 0 atom stereocenters. The van der Waals surface area contributed by atoms with Crippen molar-refractivity contribution in [3.8, 4) is 0 Å². The zero-order chi connectivity index (χ0) is 15.4. The van der Waals surface area contributed by atoms with Gasteiger partial charge < -0.3 is 10.4 Å². The molecule has 2 N–H and O–H groups in total. The fourth-order valence-electron chi connectivity index (χ4n) is 1.54. The standard InChI is InChI=1S/C14H9ClFNO3S/c15-9-7-8(1-3-10(9)16)2-4-12(18)17-11-5-6-21-13(11)14(19)20/h1-7H,(H,17,18)(H,19,20)/b4-2+. The Morgan fingerprint density at radius 1 is 1.33 bits per heavy atom. The van der Waals surface area contributed by atoms with Gasteiger partial charge in [0.15, 0.2) is 0 Å². The number of amides is 1. The smallest absolute Gasteiger partial charge is 0.348 e. The third kappa shape index (κ3) is 3.90. The number of hydrogen-bond acceptors (Lipinski definition) is 3. The zero-order valence-corrected chi connectivity index (χ0v) is 12.0. The molecular formula is C14H9ClFNO3S. The Hall–Kier alpha value is -2.18. The molecule has 0 aliphatic rings. The number of carboxylic acid groups (broad SMARTS) is 1. The molecule has 1 aromatic carbocycles. The molecule has 108 valence electrons. The molecule has 0 radical (unpaired) electrons. The van der Waals surface area contributed by atoms with Crippen LogP contribution in [0.4, 0.5) is 10.1 Å². The van der Waals surface area contributed by atoms with Crippen LogP contribution in [0.3, 0.4) is 0 Å². The summed E-state index contributed by atoms with van der Waals surface area (Å²) in [4.78, 5) is 22.7. The van der Waals surface area contributed by atoms with Crippen LogP contribution in [-0.4, -0.2) is 17.0 Å². The summed E-state index contributed by atoms with van der Waals surface area (Å²) in [5, 5.41) is 12.9. The molecule has 0 fully saturated rings. The molecule has 2 aromatic rings. The number of carbonyl (C=O) groups is 2. The first-order valence-electron chi connectivity index (χ1n) is 5.72. The highest BCUT2D eigenvalue weighted by molar-refractivity contribution is 7.12. The van der Waals surface area contributed by atoms with E-state index in [0.717, 1.165) is 11.3 Å². The highest BCUT2D eigenvalue weighted by Crippen LogP contribution is 2.22. The van der Waals surface area contributed by atoms with Gasteiger partial charge in [0.2, 0.25) is 5.91 Å². The van der Waals surface area contributed by atoms with Crippen molar-refractivity contribution in [2.45, 2.75) is 0 Å². The first-order valence-corrected chi connectivity index (χ1v) is 6.98. The first-order chi connectivity index (χ1) is 9.97.